The quantitative estimate of drug-likeness (QED) is 0.762. The highest BCUT2D eigenvalue weighted by Crippen LogP contribution is 2.55. The second kappa shape index (κ2) is 6.99. The number of carbonyl (C=O) groups is 1. The Morgan fingerprint density at radius 3 is 2.33 bits per heavy atom. The summed E-state index contributed by atoms with van der Waals surface area (Å²) in [5.41, 5.74) is 0.146. The molecule has 130 valence electrons. The largest absolute Gasteiger partial charge is 0.493 e. The van der Waals surface area contributed by atoms with Gasteiger partial charge in [-0.2, -0.15) is 0 Å². The smallest absolute Gasteiger partial charge is 0.230 e. The van der Waals surface area contributed by atoms with Gasteiger partial charge in [0.15, 0.2) is 0 Å². The number of para-hydroxylation sites is 1. The van der Waals surface area contributed by atoms with Crippen LogP contribution in [0.2, 0.25) is 0 Å². The molecular weight excluding hydrogens is 318 g/mol. The average molecular weight is 346 g/mol. The third-order valence-corrected chi connectivity index (χ3v) is 6.84. The van der Waals surface area contributed by atoms with E-state index in [-0.39, 0.29) is 11.4 Å². The molecule has 24 heavy (non-hydrogen) atoms. The van der Waals surface area contributed by atoms with Crippen LogP contribution in [0.3, 0.4) is 0 Å². The molecule has 5 rings (SSSR count). The first-order valence-electron chi connectivity index (χ1n) is 9.27. The van der Waals surface area contributed by atoms with E-state index in [4.69, 9.17) is 4.74 Å². The fourth-order valence-corrected chi connectivity index (χ4v) is 6.10. The van der Waals surface area contributed by atoms with Gasteiger partial charge in [0.1, 0.15) is 5.75 Å². The van der Waals surface area contributed by atoms with Crippen molar-refractivity contribution >= 4 is 17.7 Å². The first kappa shape index (κ1) is 16.3. The molecule has 3 nitrogen and oxygen atoms in total. The molecule has 0 radical (unpaired) electrons. The summed E-state index contributed by atoms with van der Waals surface area (Å²) in [6, 6.07) is 9.86. The van der Waals surface area contributed by atoms with E-state index < -0.39 is 0 Å². The number of hydrogen-bond acceptors (Lipinski definition) is 3. The third kappa shape index (κ3) is 3.74. The van der Waals surface area contributed by atoms with Crippen molar-refractivity contribution < 1.29 is 9.53 Å². The van der Waals surface area contributed by atoms with Gasteiger partial charge in [0.05, 0.1) is 12.4 Å². The van der Waals surface area contributed by atoms with Crippen LogP contribution in [0, 0.1) is 17.8 Å². The molecule has 4 heteroatoms. The van der Waals surface area contributed by atoms with Gasteiger partial charge in [0.2, 0.25) is 5.91 Å². The van der Waals surface area contributed by atoms with Crippen LogP contribution < -0.4 is 10.1 Å². The number of benzene rings is 1. The predicted molar refractivity (Wildman–Crippen MR) is 98.3 cm³/mol. The zero-order chi connectivity index (χ0) is 16.4. The summed E-state index contributed by atoms with van der Waals surface area (Å²) in [7, 11) is 0. The van der Waals surface area contributed by atoms with E-state index in [2.05, 4.69) is 5.32 Å². The van der Waals surface area contributed by atoms with Crippen LogP contribution in [0.25, 0.3) is 0 Å². The first-order chi connectivity index (χ1) is 11.7. The van der Waals surface area contributed by atoms with Crippen LogP contribution in [0.4, 0.5) is 0 Å². The molecule has 0 aliphatic heterocycles. The second-order valence-corrected chi connectivity index (χ2v) is 9.07. The summed E-state index contributed by atoms with van der Waals surface area (Å²) >= 11 is 1.67. The Bertz CT molecular complexity index is 539. The standard InChI is InChI=1S/C20H27NO2S/c22-19(14-24-7-6-23-18-4-2-1-3-5-18)21-20-11-15-8-16(12-20)10-17(9-15)13-20/h1-5,15-17H,6-14H2,(H,21,22). The summed E-state index contributed by atoms with van der Waals surface area (Å²) in [5, 5.41) is 3.43. The molecule has 0 atom stereocenters. The third-order valence-electron chi connectivity index (χ3n) is 5.92. The van der Waals surface area contributed by atoms with Crippen LogP contribution in [-0.2, 0) is 4.79 Å². The van der Waals surface area contributed by atoms with Gasteiger partial charge in [0, 0.05) is 11.3 Å². The first-order valence-corrected chi connectivity index (χ1v) is 10.4. The van der Waals surface area contributed by atoms with Crippen LogP contribution in [0.15, 0.2) is 30.3 Å². The number of amides is 1. The van der Waals surface area contributed by atoms with Gasteiger partial charge in [-0.25, -0.2) is 0 Å². The highest BCUT2D eigenvalue weighted by Gasteiger charge is 2.51. The van der Waals surface area contributed by atoms with Crippen molar-refractivity contribution in [3.63, 3.8) is 0 Å². The Balaban J connectivity index is 1.18. The van der Waals surface area contributed by atoms with Crippen molar-refractivity contribution in [2.75, 3.05) is 18.1 Å². The molecule has 0 unspecified atom stereocenters. The zero-order valence-electron chi connectivity index (χ0n) is 14.2. The number of hydrogen-bond donors (Lipinski definition) is 1. The molecule has 0 spiro atoms. The van der Waals surface area contributed by atoms with Gasteiger partial charge in [-0.15, -0.1) is 11.8 Å². The summed E-state index contributed by atoms with van der Waals surface area (Å²) in [5.74, 6) is 5.16. The molecule has 4 fully saturated rings. The second-order valence-electron chi connectivity index (χ2n) is 7.96. The van der Waals surface area contributed by atoms with Crippen LogP contribution in [-0.4, -0.2) is 29.6 Å². The maximum absolute atomic E-state index is 12.4. The molecule has 0 saturated heterocycles. The molecule has 0 heterocycles. The summed E-state index contributed by atoms with van der Waals surface area (Å²) in [4.78, 5) is 12.4. The Kier molecular flexibility index (Phi) is 4.75. The molecule has 4 aliphatic rings. The van der Waals surface area contributed by atoms with Crippen molar-refractivity contribution in [2.24, 2.45) is 17.8 Å². The van der Waals surface area contributed by atoms with Crippen molar-refractivity contribution in [1.82, 2.24) is 5.32 Å². The monoisotopic (exact) mass is 345 g/mol. The van der Waals surface area contributed by atoms with Gasteiger partial charge >= 0.3 is 0 Å². The van der Waals surface area contributed by atoms with Crippen LogP contribution in [0.5, 0.6) is 5.75 Å². The molecule has 4 bridgehead atoms. The van der Waals surface area contributed by atoms with E-state index in [0.717, 1.165) is 29.3 Å². The van der Waals surface area contributed by atoms with Crippen LogP contribution >= 0.6 is 11.8 Å². The molecule has 1 aromatic rings. The van der Waals surface area contributed by atoms with Crippen molar-refractivity contribution in [3.05, 3.63) is 30.3 Å². The van der Waals surface area contributed by atoms with E-state index >= 15 is 0 Å². The lowest BCUT2D eigenvalue weighted by Gasteiger charge is -2.56. The summed E-state index contributed by atoms with van der Waals surface area (Å²) in [6.07, 6.45) is 7.94. The molecular formula is C20H27NO2S. The van der Waals surface area contributed by atoms with E-state index in [0.29, 0.717) is 12.4 Å². The Morgan fingerprint density at radius 2 is 1.71 bits per heavy atom. The molecule has 4 saturated carbocycles. The van der Waals surface area contributed by atoms with E-state index in [9.17, 15) is 4.79 Å². The maximum atomic E-state index is 12.4. The highest BCUT2D eigenvalue weighted by molar-refractivity contribution is 7.99. The molecule has 1 N–H and O–H groups in total. The fourth-order valence-electron chi connectivity index (χ4n) is 5.50. The predicted octanol–water partition coefficient (Wildman–Crippen LogP) is 3.88. The Labute approximate surface area is 148 Å². The number of nitrogens with one attached hydrogen (secondary N) is 1. The van der Waals surface area contributed by atoms with Crippen molar-refractivity contribution in [2.45, 2.75) is 44.1 Å². The van der Waals surface area contributed by atoms with Crippen LogP contribution in [0.1, 0.15) is 38.5 Å². The topological polar surface area (TPSA) is 38.3 Å². The van der Waals surface area contributed by atoms with Gasteiger partial charge in [-0.3, -0.25) is 4.79 Å². The average Bonchev–Trinajstić information content (AvgIpc) is 2.53. The number of thioether (sulfide) groups is 1. The number of rotatable bonds is 7. The Hall–Kier alpha value is -1.16. The maximum Gasteiger partial charge on any atom is 0.230 e. The fraction of sp³-hybridized carbons (Fsp3) is 0.650. The van der Waals surface area contributed by atoms with E-state index in [1.54, 1.807) is 11.8 Å². The van der Waals surface area contributed by atoms with Gasteiger partial charge in [-0.1, -0.05) is 18.2 Å². The molecule has 1 aromatic carbocycles. The Morgan fingerprint density at radius 1 is 1.08 bits per heavy atom. The SMILES string of the molecule is O=C(CSCCOc1ccccc1)NC12CC3CC(CC(C3)C1)C2. The normalized spacial score (nSPS) is 33.4. The highest BCUT2D eigenvalue weighted by atomic mass is 32.2. The number of carbonyl (C=O) groups excluding carboxylic acids is 1. The summed E-state index contributed by atoms with van der Waals surface area (Å²) < 4.78 is 5.67. The van der Waals surface area contributed by atoms with Gasteiger partial charge in [-0.05, 0) is 68.4 Å². The van der Waals surface area contributed by atoms with Crippen molar-refractivity contribution in [3.8, 4) is 5.75 Å². The minimum absolute atomic E-state index is 0.146. The lowest BCUT2D eigenvalue weighted by molar-refractivity contribution is -0.124. The molecule has 0 aromatic heterocycles. The summed E-state index contributed by atoms with van der Waals surface area (Å²) in [6.45, 7) is 0.652. The van der Waals surface area contributed by atoms with E-state index in [1.165, 1.54) is 38.5 Å². The zero-order valence-corrected chi connectivity index (χ0v) is 15.0. The van der Waals surface area contributed by atoms with Gasteiger partial charge in [0.25, 0.3) is 0 Å². The van der Waals surface area contributed by atoms with Crippen molar-refractivity contribution in [1.29, 1.82) is 0 Å². The van der Waals surface area contributed by atoms with Gasteiger partial charge < -0.3 is 10.1 Å². The lowest BCUT2D eigenvalue weighted by atomic mass is 9.53. The minimum atomic E-state index is 0.146. The van der Waals surface area contributed by atoms with E-state index in [1.807, 2.05) is 30.3 Å². The lowest BCUT2D eigenvalue weighted by Crippen LogP contribution is -2.60. The molecule has 1 amide bonds. The minimum Gasteiger partial charge on any atom is -0.493 e. The molecule has 4 aliphatic carbocycles. The number of ether oxygens (including phenoxy) is 1.